The molecule has 0 aromatic heterocycles. The smallest absolute Gasteiger partial charge is 0.266 e. The Bertz CT molecular complexity index is 201. The van der Waals surface area contributed by atoms with E-state index in [1.165, 1.54) is 12.1 Å². The number of halogens is 2. The summed E-state index contributed by atoms with van der Waals surface area (Å²) in [6.45, 7) is -1.13. The Morgan fingerprint density at radius 1 is 1.45 bits per heavy atom. The van der Waals surface area contributed by atoms with Gasteiger partial charge in [0.2, 0.25) is 0 Å². The zero-order chi connectivity index (χ0) is 8.10. The number of hydrogen-bond acceptors (Lipinski definition) is 1. The van der Waals surface area contributed by atoms with Crippen molar-refractivity contribution in [3.05, 3.63) is 30.3 Å². The van der Waals surface area contributed by atoms with Crippen LogP contribution >= 0.6 is 0 Å². The Hall–Kier alpha value is -1.12. The molecule has 0 heterocycles. The van der Waals surface area contributed by atoms with Crippen LogP contribution in [0.25, 0.3) is 0 Å². The van der Waals surface area contributed by atoms with Crippen LogP contribution in [0.15, 0.2) is 24.3 Å². The molecule has 1 rings (SSSR count). The summed E-state index contributed by atoms with van der Waals surface area (Å²) in [5.41, 5.74) is 0. The second-order valence-corrected chi connectivity index (χ2v) is 1.92. The number of rotatable bonds is 3. The van der Waals surface area contributed by atoms with Crippen LogP contribution in [0.2, 0.25) is 0 Å². The first-order valence-corrected chi connectivity index (χ1v) is 3.15. The molecular formula is C8H7F2O. The molecule has 0 aliphatic rings. The van der Waals surface area contributed by atoms with E-state index in [4.69, 9.17) is 0 Å². The van der Waals surface area contributed by atoms with E-state index < -0.39 is 13.0 Å². The van der Waals surface area contributed by atoms with Gasteiger partial charge in [-0.25, -0.2) is 4.39 Å². The third-order valence-corrected chi connectivity index (χ3v) is 1.07. The van der Waals surface area contributed by atoms with Crippen LogP contribution in [0.4, 0.5) is 8.78 Å². The molecule has 0 N–H and O–H groups in total. The summed E-state index contributed by atoms with van der Waals surface area (Å²) in [5.74, 6) is 0.314. The van der Waals surface area contributed by atoms with E-state index in [0.717, 1.165) is 0 Å². The van der Waals surface area contributed by atoms with E-state index in [9.17, 15) is 8.78 Å². The molecule has 0 saturated carbocycles. The zero-order valence-electron chi connectivity index (χ0n) is 5.76. The number of ether oxygens (including phenoxy) is 1. The molecule has 3 heteroatoms. The van der Waals surface area contributed by atoms with Crippen molar-refractivity contribution in [1.82, 2.24) is 0 Å². The predicted molar refractivity (Wildman–Crippen MR) is 36.8 cm³/mol. The van der Waals surface area contributed by atoms with Crippen LogP contribution in [0.5, 0.6) is 5.75 Å². The molecule has 0 aliphatic carbocycles. The highest BCUT2D eigenvalue weighted by Crippen LogP contribution is 2.10. The van der Waals surface area contributed by atoms with Gasteiger partial charge >= 0.3 is 0 Å². The van der Waals surface area contributed by atoms with E-state index in [0.29, 0.717) is 5.75 Å². The molecular weight excluding hydrogens is 150 g/mol. The van der Waals surface area contributed by atoms with Crippen molar-refractivity contribution >= 4 is 0 Å². The zero-order valence-corrected chi connectivity index (χ0v) is 5.76. The van der Waals surface area contributed by atoms with Gasteiger partial charge in [-0.3, -0.25) is 0 Å². The van der Waals surface area contributed by atoms with Crippen LogP contribution in [-0.2, 0) is 0 Å². The van der Waals surface area contributed by atoms with Crippen LogP contribution < -0.4 is 4.74 Å². The molecule has 1 radical (unpaired) electrons. The molecule has 0 amide bonds. The van der Waals surface area contributed by atoms with Crippen molar-refractivity contribution in [1.29, 1.82) is 0 Å². The van der Waals surface area contributed by atoms with Gasteiger partial charge in [0, 0.05) is 0 Å². The Balaban J connectivity index is 2.51. The largest absolute Gasteiger partial charge is 0.458 e. The maximum Gasteiger partial charge on any atom is 0.266 e. The molecule has 1 aromatic carbocycles. The van der Waals surface area contributed by atoms with Crippen molar-refractivity contribution in [2.24, 2.45) is 0 Å². The van der Waals surface area contributed by atoms with Crippen molar-refractivity contribution in [2.75, 3.05) is 6.67 Å². The standard InChI is InChI=1S/C8H7F2O/c9-6-8(10)11-7-4-2-1-3-5-7/h2-5,8H,6H2. The highest BCUT2D eigenvalue weighted by Gasteiger charge is 2.04. The van der Waals surface area contributed by atoms with Gasteiger partial charge in [-0.2, -0.15) is 4.39 Å². The number of benzene rings is 1. The van der Waals surface area contributed by atoms with Gasteiger partial charge in [-0.05, 0) is 18.2 Å². The van der Waals surface area contributed by atoms with E-state index >= 15 is 0 Å². The van der Waals surface area contributed by atoms with Gasteiger partial charge in [0.05, 0.1) is 0 Å². The summed E-state index contributed by atoms with van der Waals surface area (Å²) in [4.78, 5) is 0. The maximum absolute atomic E-state index is 12.2. The summed E-state index contributed by atoms with van der Waals surface area (Å²) in [7, 11) is 0. The summed E-state index contributed by atoms with van der Waals surface area (Å²) in [5, 5.41) is 0. The molecule has 11 heavy (non-hydrogen) atoms. The van der Waals surface area contributed by atoms with Crippen molar-refractivity contribution in [3.63, 3.8) is 0 Å². The molecule has 0 fully saturated rings. The second-order valence-electron chi connectivity index (χ2n) is 1.92. The lowest BCUT2D eigenvalue weighted by atomic mass is 10.3. The first kappa shape index (κ1) is 7.98. The molecule has 1 nitrogen and oxygen atoms in total. The third-order valence-electron chi connectivity index (χ3n) is 1.07. The first-order valence-electron chi connectivity index (χ1n) is 3.15. The lowest BCUT2D eigenvalue weighted by Gasteiger charge is -2.06. The average molecular weight is 157 g/mol. The molecule has 0 saturated heterocycles. The van der Waals surface area contributed by atoms with Gasteiger partial charge in [0.25, 0.3) is 6.36 Å². The van der Waals surface area contributed by atoms with Crippen LogP contribution in [-0.4, -0.2) is 13.0 Å². The third kappa shape index (κ3) is 2.53. The predicted octanol–water partition coefficient (Wildman–Crippen LogP) is 2.13. The molecule has 1 unspecified atom stereocenters. The lowest BCUT2D eigenvalue weighted by Crippen LogP contribution is -2.11. The summed E-state index contributed by atoms with van der Waals surface area (Å²) in [6, 6.07) is 8.90. The normalized spacial score (nSPS) is 12.5. The van der Waals surface area contributed by atoms with Gasteiger partial charge < -0.3 is 4.74 Å². The van der Waals surface area contributed by atoms with E-state index in [-0.39, 0.29) is 0 Å². The summed E-state index contributed by atoms with van der Waals surface area (Å²) in [6.07, 6.45) is -1.86. The Morgan fingerprint density at radius 2 is 2.09 bits per heavy atom. The minimum absolute atomic E-state index is 0.314. The molecule has 0 bridgehead atoms. The summed E-state index contributed by atoms with van der Waals surface area (Å²) < 4.78 is 28.3. The summed E-state index contributed by atoms with van der Waals surface area (Å²) >= 11 is 0. The molecule has 0 spiro atoms. The van der Waals surface area contributed by atoms with Gasteiger partial charge in [-0.1, -0.05) is 12.1 Å². The monoisotopic (exact) mass is 157 g/mol. The van der Waals surface area contributed by atoms with Crippen LogP contribution in [0.3, 0.4) is 0 Å². The van der Waals surface area contributed by atoms with E-state index in [2.05, 4.69) is 10.8 Å². The van der Waals surface area contributed by atoms with Crippen molar-refractivity contribution in [3.8, 4) is 5.75 Å². The topological polar surface area (TPSA) is 9.23 Å². The van der Waals surface area contributed by atoms with Crippen molar-refractivity contribution in [2.45, 2.75) is 6.36 Å². The fraction of sp³-hybridized carbons (Fsp3) is 0.250. The number of alkyl halides is 2. The highest BCUT2D eigenvalue weighted by molar-refractivity contribution is 5.20. The molecule has 1 aromatic rings. The Morgan fingerprint density at radius 3 is 2.64 bits per heavy atom. The average Bonchev–Trinajstić information content (AvgIpc) is 2.06. The lowest BCUT2D eigenvalue weighted by molar-refractivity contribution is 0.0434. The molecule has 0 aliphatic heterocycles. The Labute approximate surface area is 63.6 Å². The Kier molecular flexibility index (Phi) is 2.83. The van der Waals surface area contributed by atoms with Gasteiger partial charge in [0.1, 0.15) is 5.75 Å². The molecule has 59 valence electrons. The molecule has 1 atom stereocenters. The van der Waals surface area contributed by atoms with E-state index in [1.54, 1.807) is 12.1 Å². The minimum Gasteiger partial charge on any atom is -0.458 e. The second kappa shape index (κ2) is 3.91. The fourth-order valence-corrected chi connectivity index (χ4v) is 0.629. The number of hydrogen-bond donors (Lipinski definition) is 0. The fourth-order valence-electron chi connectivity index (χ4n) is 0.629. The SMILES string of the molecule is FCC(F)Oc1cc[c]cc1. The maximum atomic E-state index is 12.2. The first-order chi connectivity index (χ1) is 5.33. The van der Waals surface area contributed by atoms with Gasteiger partial charge in [-0.15, -0.1) is 0 Å². The van der Waals surface area contributed by atoms with Gasteiger partial charge in [0.15, 0.2) is 6.67 Å². The highest BCUT2D eigenvalue weighted by atomic mass is 19.2. The van der Waals surface area contributed by atoms with Crippen LogP contribution in [0.1, 0.15) is 0 Å². The van der Waals surface area contributed by atoms with E-state index in [1.807, 2.05) is 0 Å². The van der Waals surface area contributed by atoms with Crippen molar-refractivity contribution < 1.29 is 13.5 Å². The minimum atomic E-state index is -1.86. The quantitative estimate of drug-likeness (QED) is 0.653. The van der Waals surface area contributed by atoms with Crippen LogP contribution in [0, 0.1) is 6.07 Å².